The fourth-order valence-corrected chi connectivity index (χ4v) is 1.62. The summed E-state index contributed by atoms with van der Waals surface area (Å²) in [5.74, 6) is 0. The van der Waals surface area contributed by atoms with Crippen LogP contribution in [-0.2, 0) is 0 Å². The standard InChI is InChI=1S/C9H8BrN3/c10-7-5-11-6-13-9(7)8-3-1-2-4-12-8/h1-6,9H,(H,11,13). The smallest absolute Gasteiger partial charge is 0.126 e. The quantitative estimate of drug-likeness (QED) is 0.812. The van der Waals surface area contributed by atoms with E-state index in [1.165, 1.54) is 0 Å². The van der Waals surface area contributed by atoms with Crippen LogP contribution in [0.5, 0.6) is 0 Å². The molecule has 2 rings (SSSR count). The van der Waals surface area contributed by atoms with Gasteiger partial charge in [-0.15, -0.1) is 0 Å². The monoisotopic (exact) mass is 237 g/mol. The van der Waals surface area contributed by atoms with Gasteiger partial charge in [0.25, 0.3) is 0 Å². The molecule has 0 radical (unpaired) electrons. The van der Waals surface area contributed by atoms with Gasteiger partial charge in [0.15, 0.2) is 0 Å². The van der Waals surface area contributed by atoms with Gasteiger partial charge in [0.2, 0.25) is 0 Å². The first-order chi connectivity index (χ1) is 6.38. The largest absolute Gasteiger partial charge is 0.352 e. The third-order valence-corrected chi connectivity index (χ3v) is 2.41. The molecule has 0 amide bonds. The molecule has 1 aromatic heterocycles. The summed E-state index contributed by atoms with van der Waals surface area (Å²) < 4.78 is 0.994. The Labute approximate surface area is 84.7 Å². The normalized spacial score (nSPS) is 20.7. The van der Waals surface area contributed by atoms with Gasteiger partial charge < -0.3 is 5.32 Å². The highest BCUT2D eigenvalue weighted by Gasteiger charge is 2.15. The van der Waals surface area contributed by atoms with E-state index in [1.54, 1.807) is 12.5 Å². The summed E-state index contributed by atoms with van der Waals surface area (Å²) in [5.41, 5.74) is 0.948. The molecule has 3 nitrogen and oxygen atoms in total. The van der Waals surface area contributed by atoms with Crippen molar-refractivity contribution in [2.24, 2.45) is 4.99 Å². The fourth-order valence-electron chi connectivity index (χ4n) is 1.14. The van der Waals surface area contributed by atoms with Crippen molar-refractivity contribution in [1.29, 1.82) is 0 Å². The molecule has 1 aromatic rings. The van der Waals surface area contributed by atoms with E-state index in [0.717, 1.165) is 10.2 Å². The van der Waals surface area contributed by atoms with Crippen molar-refractivity contribution in [3.63, 3.8) is 0 Å². The molecule has 4 heteroatoms. The van der Waals surface area contributed by atoms with Crippen LogP contribution in [0.4, 0.5) is 0 Å². The molecular weight excluding hydrogens is 230 g/mol. The molecule has 0 spiro atoms. The van der Waals surface area contributed by atoms with Gasteiger partial charge in [0, 0.05) is 16.9 Å². The van der Waals surface area contributed by atoms with Crippen molar-refractivity contribution >= 4 is 22.3 Å². The van der Waals surface area contributed by atoms with Gasteiger partial charge in [-0.25, -0.2) is 0 Å². The first-order valence-electron chi connectivity index (χ1n) is 3.92. The highest BCUT2D eigenvalue weighted by molar-refractivity contribution is 9.11. The predicted molar refractivity (Wildman–Crippen MR) is 55.6 cm³/mol. The number of hydrogen-bond acceptors (Lipinski definition) is 3. The summed E-state index contributed by atoms with van der Waals surface area (Å²) in [4.78, 5) is 8.51. The number of halogens is 1. The minimum atomic E-state index is 0.00227. The number of aromatic nitrogens is 1. The molecule has 0 fully saturated rings. The van der Waals surface area contributed by atoms with Gasteiger partial charge in [-0.3, -0.25) is 9.98 Å². The second-order valence-corrected chi connectivity index (χ2v) is 3.55. The highest BCUT2D eigenvalue weighted by Crippen LogP contribution is 2.28. The van der Waals surface area contributed by atoms with Gasteiger partial charge in [0.05, 0.1) is 12.0 Å². The zero-order valence-electron chi connectivity index (χ0n) is 6.81. The molecule has 0 bridgehead atoms. The number of hydrogen-bond donors (Lipinski definition) is 1. The van der Waals surface area contributed by atoms with E-state index >= 15 is 0 Å². The lowest BCUT2D eigenvalue weighted by molar-refractivity contribution is 0.833. The summed E-state index contributed by atoms with van der Waals surface area (Å²) in [6.07, 6.45) is 5.31. The topological polar surface area (TPSA) is 37.3 Å². The second kappa shape index (κ2) is 3.70. The average molecular weight is 238 g/mol. The van der Waals surface area contributed by atoms with E-state index in [4.69, 9.17) is 0 Å². The van der Waals surface area contributed by atoms with Gasteiger partial charge in [0.1, 0.15) is 6.04 Å². The van der Waals surface area contributed by atoms with Crippen molar-refractivity contribution < 1.29 is 0 Å². The summed E-state index contributed by atoms with van der Waals surface area (Å²) in [6, 6.07) is 5.82. The first kappa shape index (κ1) is 8.44. The number of nitrogens with zero attached hydrogens (tertiary/aromatic N) is 2. The minimum Gasteiger partial charge on any atom is -0.352 e. The van der Waals surface area contributed by atoms with Crippen LogP contribution in [0.25, 0.3) is 0 Å². The zero-order valence-corrected chi connectivity index (χ0v) is 8.40. The average Bonchev–Trinajstić information content (AvgIpc) is 2.20. The molecule has 0 aliphatic carbocycles. The maximum atomic E-state index is 4.27. The molecule has 1 aliphatic rings. The highest BCUT2D eigenvalue weighted by atomic mass is 79.9. The van der Waals surface area contributed by atoms with Crippen molar-refractivity contribution in [2.45, 2.75) is 6.04 Å². The van der Waals surface area contributed by atoms with Crippen molar-refractivity contribution in [1.82, 2.24) is 10.3 Å². The molecule has 0 aromatic carbocycles. The van der Waals surface area contributed by atoms with Crippen molar-refractivity contribution in [3.05, 3.63) is 40.8 Å². The minimum absolute atomic E-state index is 0.00227. The fraction of sp³-hybridized carbons (Fsp3) is 0.111. The summed E-state index contributed by atoms with van der Waals surface area (Å²) in [5, 5.41) is 2.91. The molecule has 66 valence electrons. The Kier molecular flexibility index (Phi) is 2.40. The lowest BCUT2D eigenvalue weighted by Crippen LogP contribution is -2.12. The van der Waals surface area contributed by atoms with E-state index in [9.17, 15) is 0 Å². The Hall–Kier alpha value is -1.16. The Balaban J connectivity index is 2.31. The summed E-state index contributed by atoms with van der Waals surface area (Å²) >= 11 is 3.44. The predicted octanol–water partition coefficient (Wildman–Crippen LogP) is 1.99. The number of pyridine rings is 1. The van der Waals surface area contributed by atoms with Crippen LogP contribution in [-0.4, -0.2) is 11.3 Å². The first-order valence-corrected chi connectivity index (χ1v) is 4.71. The van der Waals surface area contributed by atoms with Crippen LogP contribution in [0, 0.1) is 0 Å². The number of nitrogens with one attached hydrogen (secondary N) is 1. The molecule has 1 atom stereocenters. The van der Waals surface area contributed by atoms with Gasteiger partial charge >= 0.3 is 0 Å². The molecule has 2 heterocycles. The SMILES string of the molecule is BrC1=CNC=NC1c1ccccn1. The number of aliphatic imine (C=N–C) groups is 1. The Morgan fingerprint density at radius 3 is 3.00 bits per heavy atom. The van der Waals surface area contributed by atoms with E-state index in [-0.39, 0.29) is 6.04 Å². The van der Waals surface area contributed by atoms with Crippen molar-refractivity contribution in [3.8, 4) is 0 Å². The Morgan fingerprint density at radius 2 is 2.31 bits per heavy atom. The molecule has 0 saturated carbocycles. The summed E-state index contributed by atoms with van der Waals surface area (Å²) in [6.45, 7) is 0. The van der Waals surface area contributed by atoms with Gasteiger partial charge in [-0.1, -0.05) is 22.0 Å². The third kappa shape index (κ3) is 1.78. The third-order valence-electron chi connectivity index (χ3n) is 1.75. The Bertz CT molecular complexity index is 345. The van der Waals surface area contributed by atoms with Crippen LogP contribution in [0.2, 0.25) is 0 Å². The number of rotatable bonds is 1. The van der Waals surface area contributed by atoms with Crippen molar-refractivity contribution in [2.75, 3.05) is 0 Å². The molecule has 13 heavy (non-hydrogen) atoms. The lowest BCUT2D eigenvalue weighted by atomic mass is 10.2. The molecule has 1 unspecified atom stereocenters. The van der Waals surface area contributed by atoms with E-state index in [2.05, 4.69) is 31.2 Å². The molecule has 0 saturated heterocycles. The van der Waals surface area contributed by atoms with Gasteiger partial charge in [-0.2, -0.15) is 0 Å². The van der Waals surface area contributed by atoms with Crippen LogP contribution in [0.15, 0.2) is 40.1 Å². The molecule has 1 aliphatic heterocycles. The van der Waals surface area contributed by atoms with E-state index in [0.29, 0.717) is 0 Å². The van der Waals surface area contributed by atoms with E-state index in [1.807, 2.05) is 24.4 Å². The van der Waals surface area contributed by atoms with Crippen LogP contribution >= 0.6 is 15.9 Å². The molecule has 1 N–H and O–H groups in total. The Morgan fingerprint density at radius 1 is 1.38 bits per heavy atom. The van der Waals surface area contributed by atoms with Crippen LogP contribution in [0.1, 0.15) is 11.7 Å². The van der Waals surface area contributed by atoms with Crippen LogP contribution < -0.4 is 5.32 Å². The van der Waals surface area contributed by atoms with E-state index < -0.39 is 0 Å². The maximum Gasteiger partial charge on any atom is 0.126 e. The summed E-state index contributed by atoms with van der Waals surface area (Å²) in [7, 11) is 0. The maximum absolute atomic E-state index is 4.27. The molecular formula is C9H8BrN3. The lowest BCUT2D eigenvalue weighted by Gasteiger charge is -2.14. The van der Waals surface area contributed by atoms with Gasteiger partial charge in [-0.05, 0) is 12.1 Å². The van der Waals surface area contributed by atoms with Crippen LogP contribution in [0.3, 0.4) is 0 Å². The second-order valence-electron chi connectivity index (χ2n) is 2.63. The zero-order chi connectivity index (χ0) is 9.10.